The van der Waals surface area contributed by atoms with E-state index in [1.54, 1.807) is 42.5 Å². The van der Waals surface area contributed by atoms with Gasteiger partial charge in [0.05, 0.1) is 11.3 Å². The summed E-state index contributed by atoms with van der Waals surface area (Å²) in [6, 6.07) is 10.0. The molecule has 3 heterocycles. The van der Waals surface area contributed by atoms with Crippen molar-refractivity contribution in [2.45, 2.75) is 12.3 Å². The van der Waals surface area contributed by atoms with Crippen molar-refractivity contribution in [3.05, 3.63) is 76.0 Å². The highest BCUT2D eigenvalue weighted by Crippen LogP contribution is 2.34. The molecule has 1 aliphatic heterocycles. The molecule has 2 aromatic heterocycles. The molecule has 0 bridgehead atoms. The summed E-state index contributed by atoms with van der Waals surface area (Å²) in [6.45, 7) is 1.10. The van der Waals surface area contributed by atoms with E-state index in [0.29, 0.717) is 30.2 Å². The molecule has 3 aromatic rings. The average Bonchev–Trinajstić information content (AvgIpc) is 3.30. The molecule has 0 aliphatic carbocycles. The smallest absolute Gasteiger partial charge is 0.255 e. The number of hydrogen-bond donors (Lipinski definition) is 1. The van der Waals surface area contributed by atoms with Crippen LogP contribution in [0.5, 0.6) is 0 Å². The molecular formula is C24H26N6O3. The Kier molecular flexibility index (Phi) is 5.95. The van der Waals surface area contributed by atoms with Gasteiger partial charge >= 0.3 is 0 Å². The van der Waals surface area contributed by atoms with Crippen LogP contribution in [-0.2, 0) is 7.05 Å². The first kappa shape index (κ1) is 22.2. The Morgan fingerprint density at radius 3 is 2.42 bits per heavy atom. The summed E-state index contributed by atoms with van der Waals surface area (Å²) in [6.07, 6.45) is 4.11. The molecule has 0 saturated carbocycles. The van der Waals surface area contributed by atoms with E-state index in [4.69, 9.17) is 10.7 Å². The molecule has 1 atom stereocenters. The maximum Gasteiger partial charge on any atom is 0.255 e. The van der Waals surface area contributed by atoms with Crippen molar-refractivity contribution in [3.63, 3.8) is 0 Å². The number of rotatable bonds is 5. The second kappa shape index (κ2) is 8.85. The summed E-state index contributed by atoms with van der Waals surface area (Å²) in [4.78, 5) is 49.1. The molecule has 1 aliphatic rings. The number of hydrogen-bond acceptors (Lipinski definition) is 6. The van der Waals surface area contributed by atoms with Crippen LogP contribution < -0.4 is 16.2 Å². The van der Waals surface area contributed by atoms with E-state index >= 15 is 0 Å². The molecule has 1 aromatic carbocycles. The summed E-state index contributed by atoms with van der Waals surface area (Å²) in [5, 5.41) is 0. The number of nitrogens with two attached hydrogens (primary N) is 1. The fraction of sp³-hybridized carbons (Fsp3) is 0.292. The van der Waals surface area contributed by atoms with E-state index in [9.17, 15) is 14.4 Å². The lowest BCUT2D eigenvalue weighted by atomic mass is 9.95. The van der Waals surface area contributed by atoms with E-state index in [2.05, 4.69) is 4.98 Å². The van der Waals surface area contributed by atoms with Gasteiger partial charge in [0.2, 0.25) is 17.4 Å². The van der Waals surface area contributed by atoms with Crippen LogP contribution in [0.1, 0.15) is 38.7 Å². The largest absolute Gasteiger partial charge is 0.366 e. The summed E-state index contributed by atoms with van der Waals surface area (Å²) in [5.41, 5.74) is 8.72. The van der Waals surface area contributed by atoms with Crippen molar-refractivity contribution in [1.29, 1.82) is 0 Å². The fourth-order valence-electron chi connectivity index (χ4n) is 4.02. The zero-order chi connectivity index (χ0) is 23.7. The van der Waals surface area contributed by atoms with Crippen LogP contribution in [0.15, 0.2) is 53.6 Å². The summed E-state index contributed by atoms with van der Waals surface area (Å²) in [7, 11) is 5.39. The Bertz CT molecular complexity index is 1270. The number of primary amides is 1. The van der Waals surface area contributed by atoms with Crippen LogP contribution in [-0.4, -0.2) is 58.4 Å². The number of pyridine rings is 1. The number of aryl methyl sites for hydroxylation is 1. The van der Waals surface area contributed by atoms with Gasteiger partial charge in [0.25, 0.3) is 5.91 Å². The SMILES string of the molecule is CN(C)c1ncc(-c2ccc(C(N)=O)cc2)c([C@@H]2CCN(C(=O)c3ccc(=O)n(C)c3)C2)n1. The van der Waals surface area contributed by atoms with E-state index < -0.39 is 5.91 Å². The molecular weight excluding hydrogens is 420 g/mol. The van der Waals surface area contributed by atoms with Gasteiger partial charge in [-0.1, -0.05) is 12.1 Å². The molecule has 9 heteroatoms. The highest BCUT2D eigenvalue weighted by Gasteiger charge is 2.31. The molecule has 170 valence electrons. The van der Waals surface area contributed by atoms with E-state index in [1.165, 1.54) is 10.6 Å². The van der Waals surface area contributed by atoms with Gasteiger partial charge in [0.1, 0.15) is 0 Å². The molecule has 9 nitrogen and oxygen atoms in total. The maximum absolute atomic E-state index is 13.0. The highest BCUT2D eigenvalue weighted by molar-refractivity contribution is 5.94. The van der Waals surface area contributed by atoms with Gasteiger partial charge in [-0.15, -0.1) is 0 Å². The maximum atomic E-state index is 13.0. The van der Waals surface area contributed by atoms with Gasteiger partial charge in [-0.05, 0) is 30.2 Å². The van der Waals surface area contributed by atoms with Crippen LogP contribution in [0.3, 0.4) is 0 Å². The first-order chi connectivity index (χ1) is 15.7. The summed E-state index contributed by atoms with van der Waals surface area (Å²) in [5.74, 6) is 0.0195. The molecule has 1 fully saturated rings. The lowest BCUT2D eigenvalue weighted by Crippen LogP contribution is -2.30. The molecule has 2 amide bonds. The predicted octanol–water partition coefficient (Wildman–Crippen LogP) is 1.64. The van der Waals surface area contributed by atoms with Crippen LogP contribution in [0.25, 0.3) is 11.1 Å². The zero-order valence-electron chi connectivity index (χ0n) is 18.9. The van der Waals surface area contributed by atoms with Gasteiger partial charge in [-0.2, -0.15) is 0 Å². The Morgan fingerprint density at radius 1 is 1.09 bits per heavy atom. The quantitative estimate of drug-likeness (QED) is 0.637. The van der Waals surface area contributed by atoms with Gasteiger partial charge in [-0.25, -0.2) is 9.97 Å². The Labute approximate surface area is 191 Å². The molecule has 0 radical (unpaired) electrons. The second-order valence-corrected chi connectivity index (χ2v) is 8.41. The average molecular weight is 447 g/mol. The highest BCUT2D eigenvalue weighted by atomic mass is 16.2. The van der Waals surface area contributed by atoms with Crippen molar-refractivity contribution >= 4 is 17.8 Å². The Balaban J connectivity index is 1.65. The number of nitrogens with zero attached hydrogens (tertiary/aromatic N) is 5. The van der Waals surface area contributed by atoms with Gasteiger partial charge in [0.15, 0.2) is 0 Å². The topological polar surface area (TPSA) is 114 Å². The van der Waals surface area contributed by atoms with E-state index in [1.807, 2.05) is 31.1 Å². The molecule has 0 spiro atoms. The third-order valence-corrected chi connectivity index (χ3v) is 5.88. The normalized spacial score (nSPS) is 15.5. The summed E-state index contributed by atoms with van der Waals surface area (Å²) >= 11 is 0. The van der Waals surface area contributed by atoms with E-state index in [0.717, 1.165) is 23.2 Å². The Morgan fingerprint density at radius 2 is 1.79 bits per heavy atom. The number of likely N-dealkylation sites (tertiary alicyclic amines) is 1. The third kappa shape index (κ3) is 4.48. The van der Waals surface area contributed by atoms with Gasteiger partial charge in [0, 0.05) is 69.7 Å². The number of anilines is 1. The molecule has 33 heavy (non-hydrogen) atoms. The minimum atomic E-state index is -0.482. The van der Waals surface area contributed by atoms with Crippen molar-refractivity contribution < 1.29 is 9.59 Å². The number of carbonyl (C=O) groups excluding carboxylic acids is 2. The van der Waals surface area contributed by atoms with E-state index in [-0.39, 0.29) is 17.4 Å². The zero-order valence-corrected chi connectivity index (χ0v) is 18.9. The number of benzene rings is 1. The minimum Gasteiger partial charge on any atom is -0.366 e. The van der Waals surface area contributed by atoms with Crippen LogP contribution >= 0.6 is 0 Å². The number of carbonyl (C=O) groups is 2. The first-order valence-electron chi connectivity index (χ1n) is 10.6. The number of amides is 2. The molecule has 4 rings (SSSR count). The van der Waals surface area contributed by atoms with Crippen LogP contribution in [0.4, 0.5) is 5.95 Å². The number of aromatic nitrogens is 3. The standard InChI is InChI=1S/C24H26N6O3/c1-28(2)24-26-12-19(15-4-6-16(7-5-15)22(25)32)21(27-24)17-10-11-30(14-17)23(33)18-8-9-20(31)29(3)13-18/h4-9,12-13,17H,10-11,14H2,1-3H3,(H2,25,32)/t17-/m1/s1. The monoisotopic (exact) mass is 446 g/mol. The molecule has 2 N–H and O–H groups in total. The fourth-order valence-corrected chi connectivity index (χ4v) is 4.02. The lowest BCUT2D eigenvalue weighted by molar-refractivity contribution is 0.0789. The minimum absolute atomic E-state index is 0.0222. The van der Waals surface area contributed by atoms with Gasteiger partial charge < -0.3 is 20.1 Å². The van der Waals surface area contributed by atoms with Crippen molar-refractivity contribution in [3.8, 4) is 11.1 Å². The lowest BCUT2D eigenvalue weighted by Gasteiger charge is -2.20. The van der Waals surface area contributed by atoms with Crippen molar-refractivity contribution in [2.24, 2.45) is 12.8 Å². The van der Waals surface area contributed by atoms with Gasteiger partial charge in [-0.3, -0.25) is 14.4 Å². The Hall–Kier alpha value is -4.01. The first-order valence-corrected chi connectivity index (χ1v) is 10.6. The van der Waals surface area contributed by atoms with Crippen LogP contribution in [0, 0.1) is 0 Å². The summed E-state index contributed by atoms with van der Waals surface area (Å²) < 4.78 is 1.41. The van der Waals surface area contributed by atoms with Crippen LogP contribution in [0.2, 0.25) is 0 Å². The van der Waals surface area contributed by atoms with Crippen molar-refractivity contribution in [1.82, 2.24) is 19.4 Å². The third-order valence-electron chi connectivity index (χ3n) is 5.88. The predicted molar refractivity (Wildman–Crippen MR) is 125 cm³/mol. The molecule has 1 saturated heterocycles. The molecule has 0 unspecified atom stereocenters. The van der Waals surface area contributed by atoms with Crippen molar-refractivity contribution in [2.75, 3.05) is 32.1 Å². The second-order valence-electron chi connectivity index (χ2n) is 8.41.